The molecule has 1 aromatic heterocycles. The van der Waals surface area contributed by atoms with E-state index in [0.717, 1.165) is 22.2 Å². The molecule has 4 nitrogen and oxygen atoms in total. The Balaban J connectivity index is 2.02. The molecule has 0 saturated heterocycles. The third kappa shape index (κ3) is 4.30. The first-order chi connectivity index (χ1) is 12.0. The van der Waals surface area contributed by atoms with E-state index in [9.17, 15) is 4.79 Å². The van der Waals surface area contributed by atoms with E-state index in [1.54, 1.807) is 6.92 Å². The van der Waals surface area contributed by atoms with Crippen LogP contribution in [0.2, 0.25) is 5.02 Å². The number of ketones is 1. The van der Waals surface area contributed by atoms with Crippen molar-refractivity contribution in [2.45, 2.75) is 25.4 Å². The molecule has 0 aliphatic rings. The number of hydrogen-bond donors (Lipinski definition) is 0. The van der Waals surface area contributed by atoms with Crippen LogP contribution in [0.3, 0.4) is 0 Å². The van der Waals surface area contributed by atoms with Gasteiger partial charge in [-0.1, -0.05) is 53.2 Å². The van der Waals surface area contributed by atoms with Gasteiger partial charge in [0.15, 0.2) is 11.0 Å². The average Bonchev–Trinajstić information content (AvgIpc) is 3.00. The fourth-order valence-electron chi connectivity index (χ4n) is 2.36. The van der Waals surface area contributed by atoms with Gasteiger partial charge >= 0.3 is 0 Å². The van der Waals surface area contributed by atoms with Crippen LogP contribution in [0.5, 0.6) is 0 Å². The quantitative estimate of drug-likeness (QED) is 0.574. The molecule has 0 aliphatic carbocycles. The molecule has 0 spiro atoms. The SMILES string of the molecule is CC(=O)CCSc1nnc(-c2ccc(C)cc2)n1-c1ccc(Cl)cc1. The Morgan fingerprint density at radius 3 is 2.40 bits per heavy atom. The highest BCUT2D eigenvalue weighted by atomic mass is 35.5. The zero-order chi connectivity index (χ0) is 17.8. The van der Waals surface area contributed by atoms with E-state index < -0.39 is 0 Å². The first-order valence-electron chi connectivity index (χ1n) is 7.95. The fourth-order valence-corrected chi connectivity index (χ4v) is 3.48. The third-order valence-electron chi connectivity index (χ3n) is 3.71. The number of carbonyl (C=O) groups excluding carboxylic acids is 1. The van der Waals surface area contributed by atoms with Crippen LogP contribution in [0.15, 0.2) is 53.7 Å². The standard InChI is InChI=1S/C19H18ClN3OS/c1-13-3-5-15(6-4-13)18-21-22-19(25-12-11-14(2)24)23(18)17-9-7-16(20)8-10-17/h3-10H,11-12H2,1-2H3. The van der Waals surface area contributed by atoms with E-state index >= 15 is 0 Å². The fraction of sp³-hybridized carbons (Fsp3) is 0.211. The minimum atomic E-state index is 0.170. The summed E-state index contributed by atoms with van der Waals surface area (Å²) in [6.45, 7) is 3.65. The Hall–Kier alpha value is -2.11. The van der Waals surface area contributed by atoms with Crippen LogP contribution >= 0.6 is 23.4 Å². The number of aryl methyl sites for hydroxylation is 1. The number of halogens is 1. The van der Waals surface area contributed by atoms with Crippen molar-refractivity contribution in [1.29, 1.82) is 0 Å². The van der Waals surface area contributed by atoms with Crippen LogP contribution in [0, 0.1) is 6.92 Å². The van der Waals surface area contributed by atoms with E-state index in [1.165, 1.54) is 17.3 Å². The molecule has 6 heteroatoms. The summed E-state index contributed by atoms with van der Waals surface area (Å²) < 4.78 is 2.01. The lowest BCUT2D eigenvalue weighted by atomic mass is 10.1. The molecule has 0 bridgehead atoms. The highest BCUT2D eigenvalue weighted by Crippen LogP contribution is 2.29. The predicted molar refractivity (Wildman–Crippen MR) is 103 cm³/mol. The zero-order valence-corrected chi connectivity index (χ0v) is 15.6. The average molecular weight is 372 g/mol. The largest absolute Gasteiger partial charge is 0.300 e. The number of aromatic nitrogens is 3. The van der Waals surface area contributed by atoms with E-state index in [0.29, 0.717) is 17.2 Å². The van der Waals surface area contributed by atoms with Crippen molar-refractivity contribution < 1.29 is 4.79 Å². The monoisotopic (exact) mass is 371 g/mol. The van der Waals surface area contributed by atoms with Gasteiger partial charge in [0.25, 0.3) is 0 Å². The molecule has 3 rings (SSSR count). The second kappa shape index (κ2) is 7.85. The first kappa shape index (κ1) is 17.7. The summed E-state index contributed by atoms with van der Waals surface area (Å²) in [5.41, 5.74) is 3.12. The van der Waals surface area contributed by atoms with Crippen LogP contribution in [0.4, 0.5) is 0 Å². The second-order valence-corrected chi connectivity index (χ2v) is 7.28. The molecule has 128 valence electrons. The summed E-state index contributed by atoms with van der Waals surface area (Å²) in [5.74, 6) is 1.62. The Labute approximate surface area is 156 Å². The van der Waals surface area contributed by atoms with E-state index in [4.69, 9.17) is 11.6 Å². The van der Waals surface area contributed by atoms with Crippen molar-refractivity contribution in [2.75, 3.05) is 5.75 Å². The van der Waals surface area contributed by atoms with Crippen molar-refractivity contribution in [3.05, 3.63) is 59.1 Å². The van der Waals surface area contributed by atoms with Crippen molar-refractivity contribution in [3.63, 3.8) is 0 Å². The number of carbonyl (C=O) groups is 1. The van der Waals surface area contributed by atoms with Gasteiger partial charge in [0, 0.05) is 28.4 Å². The minimum absolute atomic E-state index is 0.170. The second-order valence-electron chi connectivity index (χ2n) is 5.78. The van der Waals surface area contributed by atoms with Gasteiger partial charge in [-0.05, 0) is 38.1 Å². The molecule has 2 aromatic carbocycles. The van der Waals surface area contributed by atoms with Gasteiger partial charge in [0.2, 0.25) is 0 Å². The topological polar surface area (TPSA) is 47.8 Å². The normalized spacial score (nSPS) is 10.8. The summed E-state index contributed by atoms with van der Waals surface area (Å²) in [7, 11) is 0. The molecule has 0 amide bonds. The minimum Gasteiger partial charge on any atom is -0.300 e. The maximum Gasteiger partial charge on any atom is 0.196 e. The molecular weight excluding hydrogens is 354 g/mol. The summed E-state index contributed by atoms with van der Waals surface area (Å²) in [6, 6.07) is 15.8. The lowest BCUT2D eigenvalue weighted by molar-refractivity contribution is -0.116. The lowest BCUT2D eigenvalue weighted by Gasteiger charge is -2.10. The molecule has 25 heavy (non-hydrogen) atoms. The van der Waals surface area contributed by atoms with Gasteiger partial charge in [0.05, 0.1) is 0 Å². The van der Waals surface area contributed by atoms with Crippen molar-refractivity contribution in [3.8, 4) is 17.1 Å². The summed E-state index contributed by atoms with van der Waals surface area (Å²) in [4.78, 5) is 11.2. The highest BCUT2D eigenvalue weighted by molar-refractivity contribution is 7.99. The van der Waals surface area contributed by atoms with E-state index in [-0.39, 0.29) is 5.78 Å². The molecular formula is C19H18ClN3OS. The summed E-state index contributed by atoms with van der Waals surface area (Å²) in [5, 5.41) is 10.2. The van der Waals surface area contributed by atoms with Gasteiger partial charge in [0.1, 0.15) is 5.78 Å². The van der Waals surface area contributed by atoms with Crippen LogP contribution in [0.1, 0.15) is 18.9 Å². The smallest absolute Gasteiger partial charge is 0.196 e. The van der Waals surface area contributed by atoms with Gasteiger partial charge in [-0.3, -0.25) is 9.36 Å². The molecule has 1 heterocycles. The molecule has 0 fully saturated rings. The summed E-state index contributed by atoms with van der Waals surface area (Å²) in [6.07, 6.45) is 0.512. The number of Topliss-reactive ketones (excluding diaryl/α,β-unsaturated/α-hetero) is 1. The van der Waals surface area contributed by atoms with Crippen LogP contribution in [-0.4, -0.2) is 26.3 Å². The molecule has 0 radical (unpaired) electrons. The van der Waals surface area contributed by atoms with Gasteiger partial charge < -0.3 is 0 Å². The third-order valence-corrected chi connectivity index (χ3v) is 4.90. The number of hydrogen-bond acceptors (Lipinski definition) is 4. The van der Waals surface area contributed by atoms with Crippen molar-refractivity contribution in [2.24, 2.45) is 0 Å². The van der Waals surface area contributed by atoms with Gasteiger partial charge in [-0.2, -0.15) is 0 Å². The number of nitrogens with zero attached hydrogens (tertiary/aromatic N) is 3. The van der Waals surface area contributed by atoms with Crippen LogP contribution < -0.4 is 0 Å². The highest BCUT2D eigenvalue weighted by Gasteiger charge is 2.16. The molecule has 0 N–H and O–H groups in total. The van der Waals surface area contributed by atoms with E-state index in [2.05, 4.69) is 29.3 Å². The predicted octanol–water partition coefficient (Wildman–Crippen LogP) is 4.97. The molecule has 0 aliphatic heterocycles. The Bertz CT molecular complexity index is 873. The van der Waals surface area contributed by atoms with Crippen molar-refractivity contribution >= 4 is 29.1 Å². The molecule has 3 aromatic rings. The molecule has 0 saturated carbocycles. The van der Waals surface area contributed by atoms with Gasteiger partial charge in [-0.15, -0.1) is 10.2 Å². The molecule has 0 unspecified atom stereocenters. The van der Waals surface area contributed by atoms with Crippen LogP contribution in [0.25, 0.3) is 17.1 Å². The number of thioether (sulfide) groups is 1. The maximum absolute atomic E-state index is 11.2. The number of benzene rings is 2. The molecule has 0 atom stereocenters. The summed E-state index contributed by atoms with van der Waals surface area (Å²) >= 11 is 7.55. The number of rotatable bonds is 6. The maximum atomic E-state index is 11.2. The first-order valence-corrected chi connectivity index (χ1v) is 9.31. The van der Waals surface area contributed by atoms with Crippen LogP contribution in [-0.2, 0) is 4.79 Å². The van der Waals surface area contributed by atoms with E-state index in [1.807, 2.05) is 41.0 Å². The lowest BCUT2D eigenvalue weighted by Crippen LogP contribution is -2.00. The Morgan fingerprint density at radius 2 is 1.76 bits per heavy atom. The zero-order valence-electron chi connectivity index (χ0n) is 14.1. The Morgan fingerprint density at radius 1 is 1.08 bits per heavy atom. The Kier molecular flexibility index (Phi) is 5.56. The van der Waals surface area contributed by atoms with Gasteiger partial charge in [-0.25, -0.2) is 0 Å². The van der Waals surface area contributed by atoms with Crippen molar-refractivity contribution in [1.82, 2.24) is 14.8 Å².